The van der Waals surface area contributed by atoms with Crippen molar-refractivity contribution in [3.05, 3.63) is 95.6 Å². The third-order valence-corrected chi connectivity index (χ3v) is 4.62. The number of halogens is 3. The summed E-state index contributed by atoms with van der Waals surface area (Å²) in [5.74, 6) is -1.08. The molecule has 0 unspecified atom stereocenters. The van der Waals surface area contributed by atoms with Gasteiger partial charge in [-0.3, -0.25) is 9.59 Å². The third kappa shape index (κ3) is 6.10. The predicted octanol–water partition coefficient (Wildman–Crippen LogP) is 5.21. The second-order valence-electron chi connectivity index (χ2n) is 7.01. The Morgan fingerprint density at radius 1 is 0.938 bits per heavy atom. The number of para-hydroxylation sites is 1. The molecule has 166 valence electrons. The van der Waals surface area contributed by atoms with E-state index < -0.39 is 24.3 Å². The molecule has 0 saturated carbocycles. The van der Waals surface area contributed by atoms with Crippen molar-refractivity contribution in [2.45, 2.75) is 19.1 Å². The summed E-state index contributed by atoms with van der Waals surface area (Å²) < 4.78 is 43.6. The summed E-state index contributed by atoms with van der Waals surface area (Å²) >= 11 is 0. The van der Waals surface area contributed by atoms with E-state index in [0.717, 1.165) is 17.7 Å². The summed E-state index contributed by atoms with van der Waals surface area (Å²) in [7, 11) is 0. The van der Waals surface area contributed by atoms with Gasteiger partial charge in [0.25, 0.3) is 11.8 Å². The maximum Gasteiger partial charge on any atom is 0.416 e. The number of amides is 2. The first-order valence-electron chi connectivity index (χ1n) is 9.79. The van der Waals surface area contributed by atoms with Gasteiger partial charge in [0.1, 0.15) is 5.75 Å². The molecule has 32 heavy (non-hydrogen) atoms. The molecule has 0 heterocycles. The monoisotopic (exact) mass is 442 g/mol. The van der Waals surface area contributed by atoms with Crippen LogP contribution in [0, 0.1) is 0 Å². The highest BCUT2D eigenvalue weighted by Crippen LogP contribution is 2.31. The van der Waals surface area contributed by atoms with E-state index in [9.17, 15) is 22.8 Å². The number of carbonyl (C=O) groups is 2. The van der Waals surface area contributed by atoms with Gasteiger partial charge in [-0.25, -0.2) is 0 Å². The lowest BCUT2D eigenvalue weighted by Gasteiger charge is -2.16. The molecule has 2 N–H and O–H groups in total. The molecule has 0 aliphatic rings. The Hall–Kier alpha value is -3.81. The molecule has 3 aromatic rings. The van der Waals surface area contributed by atoms with Crippen molar-refractivity contribution in [2.75, 3.05) is 11.9 Å². The molecule has 2 amide bonds. The maximum atomic E-state index is 12.8. The molecular weight excluding hydrogens is 421 g/mol. The van der Waals surface area contributed by atoms with Crippen molar-refractivity contribution >= 4 is 17.5 Å². The van der Waals surface area contributed by atoms with Crippen LogP contribution >= 0.6 is 0 Å². The average Bonchev–Trinajstić information content (AvgIpc) is 2.78. The molecule has 0 saturated heterocycles. The molecule has 0 spiro atoms. The lowest BCUT2D eigenvalue weighted by atomic mass is 10.1. The number of benzene rings is 3. The summed E-state index contributed by atoms with van der Waals surface area (Å²) in [5, 5.41) is 5.45. The SMILES string of the molecule is C[C@@H](NC(=O)c1ccccc1NC(=O)COc1cccc(C(F)(F)F)c1)c1ccccc1. The van der Waals surface area contributed by atoms with Crippen LogP contribution in [0.15, 0.2) is 78.9 Å². The van der Waals surface area contributed by atoms with Gasteiger partial charge in [-0.2, -0.15) is 13.2 Å². The minimum absolute atomic E-state index is 0.0855. The molecule has 0 radical (unpaired) electrons. The van der Waals surface area contributed by atoms with Crippen LogP contribution in [-0.4, -0.2) is 18.4 Å². The maximum absolute atomic E-state index is 12.8. The summed E-state index contributed by atoms with van der Waals surface area (Å²) in [5.41, 5.74) is 0.576. The smallest absolute Gasteiger partial charge is 0.416 e. The summed E-state index contributed by atoms with van der Waals surface area (Å²) in [4.78, 5) is 25.0. The molecule has 0 bridgehead atoms. The molecule has 0 aliphatic carbocycles. The normalized spacial score (nSPS) is 12.0. The molecule has 3 aromatic carbocycles. The Balaban J connectivity index is 1.63. The Morgan fingerprint density at radius 2 is 1.62 bits per heavy atom. The number of ether oxygens (including phenoxy) is 1. The first-order chi connectivity index (χ1) is 15.2. The minimum atomic E-state index is -4.51. The van der Waals surface area contributed by atoms with E-state index in [2.05, 4.69) is 10.6 Å². The number of rotatable bonds is 7. The van der Waals surface area contributed by atoms with Gasteiger partial charge in [0.05, 0.1) is 22.9 Å². The molecule has 0 aliphatic heterocycles. The Kier molecular flexibility index (Phi) is 7.14. The lowest BCUT2D eigenvalue weighted by Crippen LogP contribution is -2.28. The van der Waals surface area contributed by atoms with E-state index in [1.54, 1.807) is 24.3 Å². The van der Waals surface area contributed by atoms with Gasteiger partial charge >= 0.3 is 6.18 Å². The predicted molar refractivity (Wildman–Crippen MR) is 114 cm³/mol. The van der Waals surface area contributed by atoms with Crippen LogP contribution in [-0.2, 0) is 11.0 Å². The zero-order valence-electron chi connectivity index (χ0n) is 17.1. The van der Waals surface area contributed by atoms with Gasteiger partial charge in [-0.15, -0.1) is 0 Å². The topological polar surface area (TPSA) is 67.4 Å². The van der Waals surface area contributed by atoms with Crippen LogP contribution in [0.4, 0.5) is 18.9 Å². The highest BCUT2D eigenvalue weighted by Gasteiger charge is 2.30. The van der Waals surface area contributed by atoms with Crippen LogP contribution < -0.4 is 15.4 Å². The van der Waals surface area contributed by atoms with Crippen molar-refractivity contribution in [3.63, 3.8) is 0 Å². The van der Waals surface area contributed by atoms with Crippen molar-refractivity contribution in [2.24, 2.45) is 0 Å². The van der Waals surface area contributed by atoms with E-state index in [1.165, 1.54) is 12.1 Å². The average molecular weight is 442 g/mol. The Morgan fingerprint density at radius 3 is 2.34 bits per heavy atom. The summed E-state index contributed by atoms with van der Waals surface area (Å²) in [6, 6.07) is 19.9. The molecule has 0 fully saturated rings. The fraction of sp³-hybridized carbons (Fsp3) is 0.167. The van der Waals surface area contributed by atoms with Gasteiger partial charge in [0, 0.05) is 0 Å². The molecule has 5 nitrogen and oxygen atoms in total. The fourth-order valence-electron chi connectivity index (χ4n) is 2.99. The lowest BCUT2D eigenvalue weighted by molar-refractivity contribution is -0.137. The number of anilines is 1. The second kappa shape index (κ2) is 10.00. The highest BCUT2D eigenvalue weighted by atomic mass is 19.4. The van der Waals surface area contributed by atoms with E-state index in [1.807, 2.05) is 37.3 Å². The number of nitrogens with one attached hydrogen (secondary N) is 2. The molecule has 1 atom stereocenters. The third-order valence-electron chi connectivity index (χ3n) is 4.62. The highest BCUT2D eigenvalue weighted by molar-refractivity contribution is 6.04. The van der Waals surface area contributed by atoms with E-state index >= 15 is 0 Å². The Labute approximate surface area is 183 Å². The molecule has 3 rings (SSSR count). The van der Waals surface area contributed by atoms with Crippen molar-refractivity contribution < 1.29 is 27.5 Å². The largest absolute Gasteiger partial charge is 0.484 e. The fourth-order valence-corrected chi connectivity index (χ4v) is 2.99. The minimum Gasteiger partial charge on any atom is -0.484 e. The zero-order valence-corrected chi connectivity index (χ0v) is 17.1. The van der Waals surface area contributed by atoms with E-state index in [4.69, 9.17) is 4.74 Å². The number of carbonyl (C=O) groups excluding carboxylic acids is 2. The van der Waals surface area contributed by atoms with Crippen LogP contribution in [0.25, 0.3) is 0 Å². The van der Waals surface area contributed by atoms with Crippen LogP contribution in [0.5, 0.6) is 5.75 Å². The molecule has 8 heteroatoms. The van der Waals surface area contributed by atoms with Crippen molar-refractivity contribution in [3.8, 4) is 5.75 Å². The van der Waals surface area contributed by atoms with Gasteiger partial charge in [-0.05, 0) is 42.8 Å². The van der Waals surface area contributed by atoms with Gasteiger partial charge in [0.2, 0.25) is 0 Å². The number of hydrogen-bond donors (Lipinski definition) is 2. The summed E-state index contributed by atoms with van der Waals surface area (Å²) in [6.07, 6.45) is -4.51. The van der Waals surface area contributed by atoms with Crippen molar-refractivity contribution in [1.29, 1.82) is 0 Å². The molecule has 0 aromatic heterocycles. The van der Waals surface area contributed by atoms with Gasteiger partial charge < -0.3 is 15.4 Å². The van der Waals surface area contributed by atoms with Crippen molar-refractivity contribution in [1.82, 2.24) is 5.32 Å². The zero-order chi connectivity index (χ0) is 23.1. The van der Waals surface area contributed by atoms with Crippen LogP contribution in [0.3, 0.4) is 0 Å². The second-order valence-corrected chi connectivity index (χ2v) is 7.01. The number of hydrogen-bond acceptors (Lipinski definition) is 3. The van der Waals surface area contributed by atoms with Gasteiger partial charge in [0.15, 0.2) is 6.61 Å². The van der Waals surface area contributed by atoms with Crippen LogP contribution in [0.2, 0.25) is 0 Å². The number of alkyl halides is 3. The standard InChI is InChI=1S/C24H21F3N2O3/c1-16(17-8-3-2-4-9-17)28-23(31)20-12-5-6-13-21(20)29-22(30)15-32-19-11-7-10-18(14-19)24(25,26)27/h2-14,16H,15H2,1H3,(H,28,31)(H,29,30)/t16-/m1/s1. The van der Waals surface area contributed by atoms with Crippen LogP contribution in [0.1, 0.15) is 34.5 Å². The first-order valence-corrected chi connectivity index (χ1v) is 9.79. The Bertz CT molecular complexity index is 1090. The van der Waals surface area contributed by atoms with Gasteiger partial charge in [-0.1, -0.05) is 48.5 Å². The molecular formula is C24H21F3N2O3. The first kappa shape index (κ1) is 22.9. The quantitative estimate of drug-likeness (QED) is 0.528. The van der Waals surface area contributed by atoms with E-state index in [0.29, 0.717) is 0 Å². The van der Waals surface area contributed by atoms with E-state index in [-0.39, 0.29) is 28.9 Å². The summed E-state index contributed by atoms with van der Waals surface area (Å²) in [6.45, 7) is 1.33.